The highest BCUT2D eigenvalue weighted by Crippen LogP contribution is 2.61. The molecule has 0 aliphatic heterocycles. The Morgan fingerprint density at radius 2 is 1.95 bits per heavy atom. The summed E-state index contributed by atoms with van der Waals surface area (Å²) in [6.45, 7) is 2.33. The van der Waals surface area contributed by atoms with Gasteiger partial charge in [0.05, 0.1) is 11.9 Å². The minimum absolute atomic E-state index is 0.0737. The molecule has 5 unspecified atom stereocenters. The second-order valence-electron chi connectivity index (χ2n) is 7.82. The Bertz CT molecular complexity index is 478. The Morgan fingerprint density at radius 1 is 1.10 bits per heavy atom. The molecule has 2 heteroatoms. The summed E-state index contributed by atoms with van der Waals surface area (Å²) in [5.41, 5.74) is 1.80. The summed E-state index contributed by atoms with van der Waals surface area (Å²) in [6, 6.07) is 0. The number of fused-ring (bicyclic) bond motifs is 5. The summed E-state index contributed by atoms with van der Waals surface area (Å²) in [5.74, 6) is 3.38. The van der Waals surface area contributed by atoms with Crippen molar-refractivity contribution in [3.05, 3.63) is 23.5 Å². The molecule has 20 heavy (non-hydrogen) atoms. The lowest BCUT2D eigenvalue weighted by Crippen LogP contribution is -2.46. The van der Waals surface area contributed by atoms with Crippen LogP contribution in [-0.4, -0.2) is 16.3 Å². The predicted molar refractivity (Wildman–Crippen MR) is 79.2 cm³/mol. The van der Waals surface area contributed by atoms with Crippen LogP contribution < -0.4 is 0 Å². The normalized spacial score (nSPS) is 50.6. The van der Waals surface area contributed by atoms with Crippen LogP contribution in [0.25, 0.3) is 0 Å². The Hall–Kier alpha value is -0.760. The molecule has 3 fully saturated rings. The molecule has 0 aromatic carbocycles. The number of aliphatic hydroxyl groups excluding tert-OH is 2. The molecule has 0 amide bonds. The highest BCUT2D eigenvalue weighted by Gasteiger charge is 2.55. The maximum absolute atomic E-state index is 10.4. The standard InChI is InChI=1S/C18H26O2/c1-18-9-8-14-13-5-3-12(19)10-11(13)2-4-15(14)16(18)6-7-17(18)20/h3,5,11,14-17,19-20H,2,4,6-10H2,1H3/t11?,14?,15?,16?,17?,18-/m0/s1. The first-order valence-electron chi connectivity index (χ1n) is 8.37. The number of hydrogen-bond donors (Lipinski definition) is 2. The first-order chi connectivity index (χ1) is 9.59. The second-order valence-corrected chi connectivity index (χ2v) is 7.82. The molecule has 0 aromatic heterocycles. The first kappa shape index (κ1) is 12.9. The molecule has 6 atom stereocenters. The average molecular weight is 274 g/mol. The molecule has 0 aromatic rings. The van der Waals surface area contributed by atoms with Crippen LogP contribution in [0.3, 0.4) is 0 Å². The Balaban J connectivity index is 1.65. The van der Waals surface area contributed by atoms with Crippen LogP contribution in [0.1, 0.15) is 51.9 Å². The quantitative estimate of drug-likeness (QED) is 0.701. The van der Waals surface area contributed by atoms with Gasteiger partial charge in [-0.15, -0.1) is 0 Å². The summed E-state index contributed by atoms with van der Waals surface area (Å²) in [7, 11) is 0. The fraction of sp³-hybridized carbons (Fsp3) is 0.778. The van der Waals surface area contributed by atoms with E-state index in [2.05, 4.69) is 13.0 Å². The number of aliphatic hydroxyl groups is 2. The van der Waals surface area contributed by atoms with E-state index in [0.717, 1.165) is 30.6 Å². The highest BCUT2D eigenvalue weighted by atomic mass is 16.3. The van der Waals surface area contributed by atoms with Crippen LogP contribution in [0.4, 0.5) is 0 Å². The molecule has 110 valence electrons. The fourth-order valence-corrected chi connectivity index (χ4v) is 5.93. The third kappa shape index (κ3) is 1.67. The summed E-state index contributed by atoms with van der Waals surface area (Å²) in [4.78, 5) is 0. The Morgan fingerprint density at radius 3 is 2.80 bits per heavy atom. The molecule has 0 spiro atoms. The van der Waals surface area contributed by atoms with Crippen LogP contribution in [-0.2, 0) is 0 Å². The molecular weight excluding hydrogens is 248 g/mol. The summed E-state index contributed by atoms with van der Waals surface area (Å²) >= 11 is 0. The third-order valence-electron chi connectivity index (χ3n) is 7.06. The van der Waals surface area contributed by atoms with E-state index in [0.29, 0.717) is 11.7 Å². The van der Waals surface area contributed by atoms with Crippen molar-refractivity contribution in [3.8, 4) is 0 Å². The molecule has 0 bridgehead atoms. The van der Waals surface area contributed by atoms with Crippen molar-refractivity contribution in [1.82, 2.24) is 0 Å². The van der Waals surface area contributed by atoms with Crippen molar-refractivity contribution in [3.63, 3.8) is 0 Å². The van der Waals surface area contributed by atoms with Gasteiger partial charge < -0.3 is 10.2 Å². The van der Waals surface area contributed by atoms with Gasteiger partial charge in [0.15, 0.2) is 0 Å². The molecule has 0 heterocycles. The van der Waals surface area contributed by atoms with E-state index in [1.165, 1.54) is 32.1 Å². The van der Waals surface area contributed by atoms with Crippen LogP contribution in [0, 0.1) is 29.1 Å². The molecular formula is C18H26O2. The molecule has 2 nitrogen and oxygen atoms in total. The Kier molecular flexibility index (Phi) is 2.82. The van der Waals surface area contributed by atoms with Crippen molar-refractivity contribution < 1.29 is 10.2 Å². The van der Waals surface area contributed by atoms with Crippen LogP contribution >= 0.6 is 0 Å². The van der Waals surface area contributed by atoms with Gasteiger partial charge in [0.25, 0.3) is 0 Å². The minimum Gasteiger partial charge on any atom is -0.512 e. The lowest BCUT2D eigenvalue weighted by Gasteiger charge is -2.52. The molecule has 0 saturated heterocycles. The third-order valence-corrected chi connectivity index (χ3v) is 7.06. The van der Waals surface area contributed by atoms with Gasteiger partial charge >= 0.3 is 0 Å². The van der Waals surface area contributed by atoms with Crippen molar-refractivity contribution in [2.75, 3.05) is 0 Å². The maximum atomic E-state index is 10.4. The number of allylic oxidation sites excluding steroid dienone is 4. The summed E-state index contributed by atoms with van der Waals surface area (Å²) < 4.78 is 0. The van der Waals surface area contributed by atoms with Gasteiger partial charge in [-0.25, -0.2) is 0 Å². The van der Waals surface area contributed by atoms with Gasteiger partial charge in [0.1, 0.15) is 0 Å². The highest BCUT2D eigenvalue weighted by molar-refractivity contribution is 5.29. The van der Waals surface area contributed by atoms with E-state index >= 15 is 0 Å². The van der Waals surface area contributed by atoms with E-state index in [1.807, 2.05) is 6.08 Å². The Labute approximate surface area is 121 Å². The van der Waals surface area contributed by atoms with Crippen molar-refractivity contribution in [2.45, 2.75) is 58.0 Å². The van der Waals surface area contributed by atoms with Crippen molar-refractivity contribution >= 4 is 0 Å². The van der Waals surface area contributed by atoms with Crippen LogP contribution in [0.2, 0.25) is 0 Å². The lowest BCUT2D eigenvalue weighted by atomic mass is 9.53. The monoisotopic (exact) mass is 274 g/mol. The smallest absolute Gasteiger partial charge is 0.0928 e. The minimum atomic E-state index is -0.0737. The molecule has 0 radical (unpaired) electrons. The first-order valence-corrected chi connectivity index (χ1v) is 8.37. The van der Waals surface area contributed by atoms with E-state index in [4.69, 9.17) is 0 Å². The zero-order chi connectivity index (χ0) is 13.9. The SMILES string of the molecule is C[C@]12CCC3C4=CC=C(O)CC4CCC3C1CCC2O. The predicted octanol–water partition coefficient (Wildman–Crippen LogP) is 3.97. The maximum Gasteiger partial charge on any atom is 0.0928 e. The topological polar surface area (TPSA) is 40.5 Å². The van der Waals surface area contributed by atoms with Gasteiger partial charge in [-0.05, 0) is 73.7 Å². The van der Waals surface area contributed by atoms with Crippen molar-refractivity contribution in [1.29, 1.82) is 0 Å². The van der Waals surface area contributed by atoms with Gasteiger partial charge in [-0.2, -0.15) is 0 Å². The molecule has 3 saturated carbocycles. The van der Waals surface area contributed by atoms with E-state index in [-0.39, 0.29) is 11.5 Å². The van der Waals surface area contributed by atoms with Crippen molar-refractivity contribution in [2.24, 2.45) is 29.1 Å². The molecule has 4 aliphatic rings. The van der Waals surface area contributed by atoms with Crippen LogP contribution in [0.5, 0.6) is 0 Å². The zero-order valence-electron chi connectivity index (χ0n) is 12.4. The lowest BCUT2D eigenvalue weighted by molar-refractivity contribution is -0.0376. The summed E-state index contributed by atoms with van der Waals surface area (Å²) in [5, 5.41) is 20.1. The largest absolute Gasteiger partial charge is 0.512 e. The average Bonchev–Trinajstić information content (AvgIpc) is 2.74. The fourth-order valence-electron chi connectivity index (χ4n) is 5.93. The van der Waals surface area contributed by atoms with E-state index in [1.54, 1.807) is 5.57 Å². The van der Waals surface area contributed by atoms with Gasteiger partial charge in [-0.3, -0.25) is 0 Å². The molecule has 4 aliphatic carbocycles. The second kappa shape index (κ2) is 4.37. The molecule has 2 N–H and O–H groups in total. The van der Waals surface area contributed by atoms with Gasteiger partial charge in [-0.1, -0.05) is 18.6 Å². The number of hydrogen-bond acceptors (Lipinski definition) is 2. The zero-order valence-corrected chi connectivity index (χ0v) is 12.4. The number of rotatable bonds is 0. The van der Waals surface area contributed by atoms with Gasteiger partial charge in [0.2, 0.25) is 0 Å². The van der Waals surface area contributed by atoms with Crippen LogP contribution in [0.15, 0.2) is 23.5 Å². The van der Waals surface area contributed by atoms with E-state index in [9.17, 15) is 10.2 Å². The molecule has 4 rings (SSSR count). The summed E-state index contributed by atoms with van der Waals surface area (Å²) in [6.07, 6.45) is 12.1. The van der Waals surface area contributed by atoms with Gasteiger partial charge in [0, 0.05) is 6.42 Å². The van der Waals surface area contributed by atoms with E-state index < -0.39 is 0 Å².